The van der Waals surface area contributed by atoms with Gasteiger partial charge >= 0.3 is 0 Å². The molecule has 0 atom stereocenters. The number of hydrogen-bond donors (Lipinski definition) is 3. The maximum absolute atomic E-state index is 13.9. The maximum atomic E-state index is 13.9. The van der Waals surface area contributed by atoms with Crippen molar-refractivity contribution in [3.8, 4) is 11.1 Å². The summed E-state index contributed by atoms with van der Waals surface area (Å²) in [6, 6.07) is 6.50. The number of halogens is 2. The van der Waals surface area contributed by atoms with Crippen molar-refractivity contribution in [3.63, 3.8) is 0 Å². The van der Waals surface area contributed by atoms with E-state index < -0.39 is 11.4 Å². The normalized spacial score (nSPS) is 11.5. The number of aromatic nitrogens is 3. The molecule has 4 rings (SSSR count). The Morgan fingerprint density at radius 2 is 2.08 bits per heavy atom. The molecule has 5 nitrogen and oxygen atoms in total. The van der Waals surface area contributed by atoms with Gasteiger partial charge in [-0.1, -0.05) is 17.7 Å². The lowest BCUT2D eigenvalue weighted by Gasteiger charge is -2.13. The highest BCUT2D eigenvalue weighted by Crippen LogP contribution is 2.39. The Bertz CT molecular complexity index is 1180. The summed E-state index contributed by atoms with van der Waals surface area (Å²) in [6.45, 7) is 1.88. The molecule has 0 saturated carbocycles. The highest BCUT2D eigenvalue weighted by Gasteiger charge is 2.19. The van der Waals surface area contributed by atoms with E-state index in [4.69, 9.17) is 17.3 Å². The molecule has 24 heavy (non-hydrogen) atoms. The van der Waals surface area contributed by atoms with E-state index in [0.29, 0.717) is 32.4 Å². The summed E-state index contributed by atoms with van der Waals surface area (Å²) in [5.41, 5.74) is 8.49. The zero-order valence-corrected chi connectivity index (χ0v) is 13.3. The van der Waals surface area contributed by atoms with Gasteiger partial charge in [-0.15, -0.1) is 0 Å². The first-order chi connectivity index (χ1) is 11.5. The average Bonchev–Trinajstić information content (AvgIpc) is 3.01. The number of aromatic amines is 2. The predicted octanol–water partition coefficient (Wildman–Crippen LogP) is 3.75. The number of fused-ring (bicyclic) bond motifs is 2. The largest absolute Gasteiger partial charge is 0.394 e. The van der Waals surface area contributed by atoms with Crippen LogP contribution in [0.5, 0.6) is 0 Å². The standard InChI is InChI=1S/C17H12ClFN4O/c1-7-4-10(18)14-12(5-7)22-17(24)15(20)13(14)8-2-3-11(19)16-9(8)6-21-23-16/h2-6H,20H2,1H3,(H,21,23)(H,22,24). The molecule has 4 aromatic rings. The third kappa shape index (κ3) is 2.00. The van der Waals surface area contributed by atoms with Crippen LogP contribution in [0.1, 0.15) is 5.56 Å². The number of hydrogen-bond acceptors (Lipinski definition) is 3. The Morgan fingerprint density at radius 3 is 2.88 bits per heavy atom. The molecular weight excluding hydrogens is 331 g/mol. The SMILES string of the molecule is Cc1cc(Cl)c2c(-c3ccc(F)c4[nH]ncc34)c(N)c(=O)[nH]c2c1. The van der Waals surface area contributed by atoms with Gasteiger partial charge in [0.25, 0.3) is 5.56 Å². The summed E-state index contributed by atoms with van der Waals surface area (Å²) in [5, 5.41) is 8.12. The number of nitrogen functional groups attached to an aromatic ring is 1. The number of anilines is 1. The van der Waals surface area contributed by atoms with Crippen LogP contribution in [0.15, 0.2) is 35.3 Å². The van der Waals surface area contributed by atoms with Crippen LogP contribution in [0.3, 0.4) is 0 Å². The van der Waals surface area contributed by atoms with Crippen molar-refractivity contribution in [3.05, 3.63) is 57.2 Å². The fraction of sp³-hybridized carbons (Fsp3) is 0.0588. The van der Waals surface area contributed by atoms with E-state index >= 15 is 0 Å². The number of nitrogens with one attached hydrogen (secondary N) is 2. The smallest absolute Gasteiger partial charge is 0.272 e. The molecular formula is C17H12ClFN4O. The van der Waals surface area contributed by atoms with Crippen molar-refractivity contribution >= 4 is 39.1 Å². The van der Waals surface area contributed by atoms with Crippen LogP contribution < -0.4 is 11.3 Å². The van der Waals surface area contributed by atoms with Gasteiger partial charge in [0, 0.05) is 16.3 Å². The third-order valence-corrected chi connectivity index (χ3v) is 4.38. The Hall–Kier alpha value is -2.86. The average molecular weight is 343 g/mol. The minimum atomic E-state index is -0.430. The molecule has 0 aliphatic heterocycles. The second-order valence-electron chi connectivity index (χ2n) is 5.67. The van der Waals surface area contributed by atoms with Gasteiger partial charge in [0.1, 0.15) is 17.0 Å². The zero-order chi connectivity index (χ0) is 17.0. The Kier molecular flexibility index (Phi) is 3.11. The molecule has 2 heterocycles. The van der Waals surface area contributed by atoms with Crippen molar-refractivity contribution in [2.24, 2.45) is 0 Å². The lowest BCUT2D eigenvalue weighted by Crippen LogP contribution is -2.13. The zero-order valence-electron chi connectivity index (χ0n) is 12.6. The molecule has 0 fully saturated rings. The van der Waals surface area contributed by atoms with Gasteiger partial charge in [0.2, 0.25) is 0 Å². The lowest BCUT2D eigenvalue weighted by atomic mass is 9.96. The van der Waals surface area contributed by atoms with E-state index in [1.165, 1.54) is 12.3 Å². The summed E-state index contributed by atoms with van der Waals surface area (Å²) in [6.07, 6.45) is 1.50. The van der Waals surface area contributed by atoms with Crippen molar-refractivity contribution in [2.75, 3.05) is 5.73 Å². The topological polar surface area (TPSA) is 87.6 Å². The van der Waals surface area contributed by atoms with E-state index in [2.05, 4.69) is 15.2 Å². The Morgan fingerprint density at radius 1 is 1.29 bits per heavy atom. The van der Waals surface area contributed by atoms with Gasteiger partial charge in [0.05, 0.1) is 16.7 Å². The van der Waals surface area contributed by atoms with E-state index in [9.17, 15) is 9.18 Å². The van der Waals surface area contributed by atoms with Crippen LogP contribution in [0.2, 0.25) is 5.02 Å². The lowest BCUT2D eigenvalue weighted by molar-refractivity contribution is 0.636. The highest BCUT2D eigenvalue weighted by atomic mass is 35.5. The number of aryl methyl sites for hydroxylation is 1. The molecule has 2 aromatic heterocycles. The van der Waals surface area contributed by atoms with E-state index in [1.54, 1.807) is 12.1 Å². The molecule has 120 valence electrons. The first-order valence-electron chi connectivity index (χ1n) is 7.21. The molecule has 0 spiro atoms. The molecule has 0 radical (unpaired) electrons. The Labute approximate surface area is 140 Å². The monoisotopic (exact) mass is 342 g/mol. The van der Waals surface area contributed by atoms with Gasteiger partial charge in [-0.2, -0.15) is 5.10 Å². The summed E-state index contributed by atoms with van der Waals surface area (Å²) in [5.74, 6) is -0.430. The third-order valence-electron chi connectivity index (χ3n) is 4.08. The van der Waals surface area contributed by atoms with Crippen LogP contribution in [0, 0.1) is 12.7 Å². The molecule has 7 heteroatoms. The highest BCUT2D eigenvalue weighted by molar-refractivity contribution is 6.37. The molecule has 0 aliphatic rings. The summed E-state index contributed by atoms with van der Waals surface area (Å²) >= 11 is 6.42. The second kappa shape index (κ2) is 5.07. The molecule has 0 unspecified atom stereocenters. The maximum Gasteiger partial charge on any atom is 0.272 e. The van der Waals surface area contributed by atoms with Gasteiger partial charge < -0.3 is 10.7 Å². The number of benzene rings is 2. The Balaban J connectivity index is 2.24. The number of rotatable bonds is 1. The van der Waals surface area contributed by atoms with Crippen LogP contribution in [0.25, 0.3) is 32.9 Å². The molecule has 0 aliphatic carbocycles. The number of H-pyrrole nitrogens is 2. The summed E-state index contributed by atoms with van der Waals surface area (Å²) in [7, 11) is 0. The second-order valence-corrected chi connectivity index (χ2v) is 6.07. The van der Waals surface area contributed by atoms with E-state index in [1.807, 2.05) is 13.0 Å². The van der Waals surface area contributed by atoms with Crippen LogP contribution >= 0.6 is 11.6 Å². The summed E-state index contributed by atoms with van der Waals surface area (Å²) in [4.78, 5) is 15.0. The van der Waals surface area contributed by atoms with E-state index in [0.717, 1.165) is 5.56 Å². The van der Waals surface area contributed by atoms with Crippen molar-refractivity contribution in [2.45, 2.75) is 6.92 Å². The minimum Gasteiger partial charge on any atom is -0.394 e. The fourth-order valence-electron chi connectivity index (χ4n) is 3.03. The summed E-state index contributed by atoms with van der Waals surface area (Å²) < 4.78 is 13.9. The molecule has 4 N–H and O–H groups in total. The molecule has 2 aromatic carbocycles. The first kappa shape index (κ1) is 14.7. The van der Waals surface area contributed by atoms with Crippen molar-refractivity contribution in [1.29, 1.82) is 0 Å². The molecule has 0 amide bonds. The fourth-order valence-corrected chi connectivity index (χ4v) is 3.40. The number of pyridine rings is 1. The van der Waals surface area contributed by atoms with Gasteiger partial charge in [0.15, 0.2) is 0 Å². The van der Waals surface area contributed by atoms with Crippen molar-refractivity contribution < 1.29 is 4.39 Å². The predicted molar refractivity (Wildman–Crippen MR) is 93.8 cm³/mol. The van der Waals surface area contributed by atoms with Gasteiger partial charge in [-0.05, 0) is 36.2 Å². The van der Waals surface area contributed by atoms with E-state index in [-0.39, 0.29) is 11.2 Å². The minimum absolute atomic E-state index is 0.0300. The number of nitrogens with two attached hydrogens (primary N) is 1. The van der Waals surface area contributed by atoms with Crippen LogP contribution in [-0.2, 0) is 0 Å². The van der Waals surface area contributed by atoms with Crippen LogP contribution in [-0.4, -0.2) is 15.2 Å². The quantitative estimate of drug-likeness (QED) is 0.492. The number of nitrogens with zero attached hydrogens (tertiary/aromatic N) is 1. The molecule has 0 bridgehead atoms. The van der Waals surface area contributed by atoms with Gasteiger partial charge in [-0.25, -0.2) is 4.39 Å². The van der Waals surface area contributed by atoms with Crippen LogP contribution in [0.4, 0.5) is 10.1 Å². The van der Waals surface area contributed by atoms with Crippen molar-refractivity contribution in [1.82, 2.24) is 15.2 Å². The first-order valence-corrected chi connectivity index (χ1v) is 7.58. The van der Waals surface area contributed by atoms with Gasteiger partial charge in [-0.3, -0.25) is 9.89 Å². The molecule has 0 saturated heterocycles.